The lowest BCUT2D eigenvalue weighted by Crippen LogP contribution is -2.31. The molecule has 0 aliphatic carbocycles. The number of amides is 1. The van der Waals surface area contributed by atoms with Crippen molar-refractivity contribution in [2.24, 2.45) is 0 Å². The zero-order valence-corrected chi connectivity index (χ0v) is 14.6. The molecule has 1 aliphatic heterocycles. The quantitative estimate of drug-likeness (QED) is 0.721. The van der Waals surface area contributed by atoms with Crippen molar-refractivity contribution in [2.75, 3.05) is 13.1 Å². The van der Waals surface area contributed by atoms with E-state index in [0.29, 0.717) is 19.2 Å². The summed E-state index contributed by atoms with van der Waals surface area (Å²) >= 11 is 11.8. The molecule has 2 aromatic rings. The Labute approximate surface area is 156 Å². The van der Waals surface area contributed by atoms with Crippen LogP contribution in [0.15, 0.2) is 30.5 Å². The maximum absolute atomic E-state index is 12.5. The molecule has 1 fully saturated rings. The van der Waals surface area contributed by atoms with Crippen LogP contribution in [0.4, 0.5) is 13.2 Å². The third-order valence-electron chi connectivity index (χ3n) is 3.80. The second-order valence-electron chi connectivity index (χ2n) is 5.63. The molecule has 10 heteroatoms. The molecule has 2 aromatic heterocycles. The van der Waals surface area contributed by atoms with E-state index in [1.54, 1.807) is 0 Å². The largest absolute Gasteiger partial charge is 0.472 e. The summed E-state index contributed by atoms with van der Waals surface area (Å²) < 4.78 is 43.2. The Morgan fingerprint density at radius 1 is 1.23 bits per heavy atom. The van der Waals surface area contributed by atoms with Gasteiger partial charge in [-0.15, -0.1) is 0 Å². The van der Waals surface area contributed by atoms with E-state index in [2.05, 4.69) is 9.97 Å². The monoisotopic (exact) mass is 405 g/mol. The molecular formula is C16H12Cl2F3N3O2. The first-order valence-corrected chi connectivity index (χ1v) is 8.31. The van der Waals surface area contributed by atoms with E-state index in [1.807, 2.05) is 0 Å². The third kappa shape index (κ3) is 4.19. The van der Waals surface area contributed by atoms with Crippen LogP contribution in [-0.4, -0.2) is 40.0 Å². The average molecular weight is 406 g/mol. The Bertz CT molecular complexity index is 815. The van der Waals surface area contributed by atoms with Crippen molar-refractivity contribution in [2.45, 2.75) is 18.7 Å². The molecule has 0 radical (unpaired) electrons. The Kier molecular flexibility index (Phi) is 5.24. The number of hydrogen-bond donors (Lipinski definition) is 0. The van der Waals surface area contributed by atoms with Gasteiger partial charge >= 0.3 is 6.18 Å². The fraction of sp³-hybridized carbons (Fsp3) is 0.312. The molecule has 0 N–H and O–H groups in total. The molecule has 26 heavy (non-hydrogen) atoms. The van der Waals surface area contributed by atoms with Gasteiger partial charge in [0.15, 0.2) is 0 Å². The first-order chi connectivity index (χ1) is 12.2. The minimum Gasteiger partial charge on any atom is -0.472 e. The first-order valence-electron chi connectivity index (χ1n) is 7.55. The standard InChI is InChI=1S/C16H12Cl2F3N3O2/c17-11-2-3-12(18)23-14(11)15(25)24-6-5-10(8-24)26-13-4-1-9(7-22-13)16(19,20)21/h1-4,7,10H,5-6,8H2. The first kappa shape index (κ1) is 18.7. The minimum atomic E-state index is -4.45. The van der Waals surface area contributed by atoms with Crippen molar-refractivity contribution in [1.82, 2.24) is 14.9 Å². The molecule has 5 nitrogen and oxygen atoms in total. The Morgan fingerprint density at radius 3 is 2.65 bits per heavy atom. The van der Waals surface area contributed by atoms with Crippen LogP contribution < -0.4 is 4.74 Å². The molecule has 1 atom stereocenters. The number of halogens is 5. The van der Waals surface area contributed by atoms with Crippen LogP contribution >= 0.6 is 23.2 Å². The number of rotatable bonds is 3. The van der Waals surface area contributed by atoms with Crippen LogP contribution in [0, 0.1) is 0 Å². The highest BCUT2D eigenvalue weighted by Gasteiger charge is 2.32. The van der Waals surface area contributed by atoms with Gasteiger partial charge in [-0.05, 0) is 18.2 Å². The molecule has 138 valence electrons. The summed E-state index contributed by atoms with van der Waals surface area (Å²) in [5.41, 5.74) is -0.803. The van der Waals surface area contributed by atoms with Crippen LogP contribution in [0.2, 0.25) is 10.2 Å². The smallest absolute Gasteiger partial charge is 0.417 e. The van der Waals surface area contributed by atoms with E-state index in [4.69, 9.17) is 27.9 Å². The van der Waals surface area contributed by atoms with E-state index in [9.17, 15) is 18.0 Å². The number of aromatic nitrogens is 2. The van der Waals surface area contributed by atoms with E-state index < -0.39 is 11.7 Å². The van der Waals surface area contributed by atoms with Crippen molar-refractivity contribution in [1.29, 1.82) is 0 Å². The number of alkyl halides is 3. The molecular weight excluding hydrogens is 394 g/mol. The van der Waals surface area contributed by atoms with Crippen molar-refractivity contribution in [3.63, 3.8) is 0 Å². The number of likely N-dealkylation sites (tertiary alicyclic amines) is 1. The van der Waals surface area contributed by atoms with Gasteiger partial charge in [0.25, 0.3) is 5.91 Å². The van der Waals surface area contributed by atoms with E-state index >= 15 is 0 Å². The van der Waals surface area contributed by atoms with Crippen molar-refractivity contribution >= 4 is 29.1 Å². The SMILES string of the molecule is O=C(c1nc(Cl)ccc1Cl)N1CCC(Oc2ccc(C(F)(F)F)cn2)C1. The lowest BCUT2D eigenvalue weighted by atomic mass is 10.3. The van der Waals surface area contributed by atoms with Crippen LogP contribution in [-0.2, 0) is 6.18 Å². The number of carbonyl (C=O) groups is 1. The van der Waals surface area contributed by atoms with Crippen LogP contribution in [0.5, 0.6) is 5.88 Å². The highest BCUT2D eigenvalue weighted by Crippen LogP contribution is 2.29. The number of carbonyl (C=O) groups excluding carboxylic acids is 1. The number of pyridine rings is 2. The van der Waals surface area contributed by atoms with Gasteiger partial charge in [-0.1, -0.05) is 23.2 Å². The predicted octanol–water partition coefficient (Wildman–Crippen LogP) is 4.10. The molecule has 0 saturated carbocycles. The van der Waals surface area contributed by atoms with Gasteiger partial charge in [-0.25, -0.2) is 9.97 Å². The summed E-state index contributed by atoms with van der Waals surface area (Å²) in [6.45, 7) is 0.640. The van der Waals surface area contributed by atoms with Gasteiger partial charge < -0.3 is 9.64 Å². The van der Waals surface area contributed by atoms with Gasteiger partial charge in [0.2, 0.25) is 5.88 Å². The normalized spacial score (nSPS) is 17.4. The van der Waals surface area contributed by atoms with Gasteiger partial charge in [0.1, 0.15) is 17.0 Å². The Balaban J connectivity index is 1.63. The second kappa shape index (κ2) is 7.28. The maximum atomic E-state index is 12.5. The molecule has 1 amide bonds. The summed E-state index contributed by atoms with van der Waals surface area (Å²) in [7, 11) is 0. The highest BCUT2D eigenvalue weighted by molar-refractivity contribution is 6.34. The van der Waals surface area contributed by atoms with E-state index in [-0.39, 0.29) is 40.3 Å². The topological polar surface area (TPSA) is 55.3 Å². The molecule has 1 saturated heterocycles. The lowest BCUT2D eigenvalue weighted by Gasteiger charge is -2.17. The zero-order chi connectivity index (χ0) is 18.9. The molecule has 0 aromatic carbocycles. The van der Waals surface area contributed by atoms with Gasteiger partial charge in [-0.3, -0.25) is 4.79 Å². The fourth-order valence-corrected chi connectivity index (χ4v) is 2.85. The predicted molar refractivity (Wildman–Crippen MR) is 88.4 cm³/mol. The molecule has 0 spiro atoms. The molecule has 3 rings (SSSR count). The molecule has 1 unspecified atom stereocenters. The van der Waals surface area contributed by atoms with Gasteiger partial charge in [0.05, 0.1) is 17.1 Å². The zero-order valence-electron chi connectivity index (χ0n) is 13.1. The van der Waals surface area contributed by atoms with E-state index in [0.717, 1.165) is 12.1 Å². The molecule has 1 aliphatic rings. The number of ether oxygens (including phenoxy) is 1. The molecule has 3 heterocycles. The number of hydrogen-bond acceptors (Lipinski definition) is 4. The van der Waals surface area contributed by atoms with E-state index in [1.165, 1.54) is 17.0 Å². The highest BCUT2D eigenvalue weighted by atomic mass is 35.5. The van der Waals surface area contributed by atoms with Crippen molar-refractivity contribution in [3.05, 3.63) is 51.9 Å². The summed E-state index contributed by atoms with van der Waals surface area (Å²) in [4.78, 5) is 21.6. The molecule has 0 bridgehead atoms. The summed E-state index contributed by atoms with van der Waals surface area (Å²) in [5, 5.41) is 0.340. The number of nitrogens with zero attached hydrogens (tertiary/aromatic N) is 3. The van der Waals surface area contributed by atoms with Crippen molar-refractivity contribution in [3.8, 4) is 5.88 Å². The summed E-state index contributed by atoms with van der Waals surface area (Å²) in [6.07, 6.45) is -3.62. The fourth-order valence-electron chi connectivity index (χ4n) is 2.52. The van der Waals surface area contributed by atoms with Gasteiger partial charge in [0, 0.05) is 25.2 Å². The summed E-state index contributed by atoms with van der Waals surface area (Å²) in [5.74, 6) is -0.319. The average Bonchev–Trinajstić information content (AvgIpc) is 3.04. The van der Waals surface area contributed by atoms with Crippen LogP contribution in [0.3, 0.4) is 0 Å². The lowest BCUT2D eigenvalue weighted by molar-refractivity contribution is -0.137. The Hall–Kier alpha value is -2.06. The Morgan fingerprint density at radius 2 is 2.00 bits per heavy atom. The summed E-state index contributed by atoms with van der Waals surface area (Å²) in [6, 6.07) is 5.02. The minimum absolute atomic E-state index is 0.0486. The van der Waals surface area contributed by atoms with Crippen LogP contribution in [0.25, 0.3) is 0 Å². The van der Waals surface area contributed by atoms with Crippen LogP contribution in [0.1, 0.15) is 22.5 Å². The van der Waals surface area contributed by atoms with Crippen molar-refractivity contribution < 1.29 is 22.7 Å². The second-order valence-corrected chi connectivity index (χ2v) is 6.42. The maximum Gasteiger partial charge on any atom is 0.417 e. The third-order valence-corrected chi connectivity index (χ3v) is 4.31. The van der Waals surface area contributed by atoms with Gasteiger partial charge in [-0.2, -0.15) is 13.2 Å².